The molecule has 0 aromatic rings. The monoisotopic (exact) mass is 237 g/mol. The van der Waals surface area contributed by atoms with E-state index in [1.165, 1.54) is 0 Å². The van der Waals surface area contributed by atoms with Crippen molar-refractivity contribution in [2.75, 3.05) is 6.54 Å². The molecule has 2 atom stereocenters. The van der Waals surface area contributed by atoms with Crippen molar-refractivity contribution in [1.82, 2.24) is 4.90 Å². The van der Waals surface area contributed by atoms with Crippen LogP contribution in [0.2, 0.25) is 0 Å². The lowest BCUT2D eigenvalue weighted by Crippen LogP contribution is -2.50. The Labute approximate surface area is 101 Å². The average molecular weight is 237 g/mol. The highest BCUT2D eigenvalue weighted by Gasteiger charge is 2.34. The Bertz CT molecular complexity index is 338. The van der Waals surface area contributed by atoms with Crippen molar-refractivity contribution >= 4 is 11.9 Å². The molecule has 17 heavy (non-hydrogen) atoms. The SMILES string of the molecule is O=C(O)C1CCCCN1C(=O)C1CC=CCC1. The molecule has 1 aliphatic heterocycles. The second-order valence-electron chi connectivity index (χ2n) is 4.86. The number of piperidine rings is 1. The van der Waals surface area contributed by atoms with Crippen molar-refractivity contribution in [3.8, 4) is 0 Å². The van der Waals surface area contributed by atoms with E-state index in [-0.39, 0.29) is 11.8 Å². The van der Waals surface area contributed by atoms with Gasteiger partial charge in [0.1, 0.15) is 6.04 Å². The first kappa shape index (κ1) is 12.1. The lowest BCUT2D eigenvalue weighted by molar-refractivity contribution is -0.154. The third kappa shape index (κ3) is 2.68. The number of likely N-dealkylation sites (tertiary alicyclic amines) is 1. The first-order valence-corrected chi connectivity index (χ1v) is 6.38. The van der Waals surface area contributed by atoms with Gasteiger partial charge < -0.3 is 10.0 Å². The number of amides is 1. The van der Waals surface area contributed by atoms with Crippen LogP contribution in [0.4, 0.5) is 0 Å². The fourth-order valence-corrected chi connectivity index (χ4v) is 2.70. The molecule has 0 bridgehead atoms. The Kier molecular flexibility index (Phi) is 3.82. The second-order valence-corrected chi connectivity index (χ2v) is 4.86. The first-order valence-electron chi connectivity index (χ1n) is 6.38. The highest BCUT2D eigenvalue weighted by atomic mass is 16.4. The number of carbonyl (C=O) groups is 2. The van der Waals surface area contributed by atoms with Crippen molar-refractivity contribution in [2.24, 2.45) is 5.92 Å². The Morgan fingerprint density at radius 1 is 1.18 bits per heavy atom. The Hall–Kier alpha value is -1.32. The fraction of sp³-hybridized carbons (Fsp3) is 0.692. The number of carboxylic acid groups (broad SMARTS) is 1. The molecule has 1 fully saturated rings. The van der Waals surface area contributed by atoms with Gasteiger partial charge in [-0.25, -0.2) is 4.79 Å². The quantitative estimate of drug-likeness (QED) is 0.745. The van der Waals surface area contributed by atoms with Gasteiger partial charge in [0.15, 0.2) is 0 Å². The zero-order chi connectivity index (χ0) is 12.3. The van der Waals surface area contributed by atoms with Crippen LogP contribution in [-0.2, 0) is 9.59 Å². The largest absolute Gasteiger partial charge is 0.480 e. The number of carbonyl (C=O) groups excluding carboxylic acids is 1. The fourth-order valence-electron chi connectivity index (χ4n) is 2.70. The molecule has 4 nitrogen and oxygen atoms in total. The van der Waals surface area contributed by atoms with Crippen molar-refractivity contribution in [1.29, 1.82) is 0 Å². The number of hydrogen-bond donors (Lipinski definition) is 1. The molecule has 0 saturated carbocycles. The lowest BCUT2D eigenvalue weighted by Gasteiger charge is -2.35. The molecule has 1 N–H and O–H groups in total. The van der Waals surface area contributed by atoms with Crippen molar-refractivity contribution in [3.63, 3.8) is 0 Å². The van der Waals surface area contributed by atoms with E-state index in [2.05, 4.69) is 6.08 Å². The van der Waals surface area contributed by atoms with Gasteiger partial charge in [0.25, 0.3) is 0 Å². The molecular formula is C13H19NO3. The Morgan fingerprint density at radius 3 is 2.65 bits per heavy atom. The zero-order valence-corrected chi connectivity index (χ0v) is 9.97. The summed E-state index contributed by atoms with van der Waals surface area (Å²) < 4.78 is 0. The maximum absolute atomic E-state index is 12.3. The van der Waals surface area contributed by atoms with Crippen LogP contribution in [0, 0.1) is 5.92 Å². The van der Waals surface area contributed by atoms with Gasteiger partial charge >= 0.3 is 5.97 Å². The van der Waals surface area contributed by atoms with Gasteiger partial charge in [0.2, 0.25) is 5.91 Å². The van der Waals surface area contributed by atoms with Gasteiger partial charge in [-0.3, -0.25) is 4.79 Å². The smallest absolute Gasteiger partial charge is 0.326 e. The number of rotatable bonds is 2. The summed E-state index contributed by atoms with van der Waals surface area (Å²) >= 11 is 0. The van der Waals surface area contributed by atoms with Gasteiger partial charge in [0, 0.05) is 12.5 Å². The molecule has 0 radical (unpaired) electrons. The molecule has 4 heteroatoms. The molecule has 2 rings (SSSR count). The summed E-state index contributed by atoms with van der Waals surface area (Å²) in [5, 5.41) is 9.15. The van der Waals surface area contributed by atoms with Gasteiger partial charge in [-0.15, -0.1) is 0 Å². The van der Waals surface area contributed by atoms with Crippen LogP contribution in [0.15, 0.2) is 12.2 Å². The number of allylic oxidation sites excluding steroid dienone is 2. The highest BCUT2D eigenvalue weighted by molar-refractivity contribution is 5.85. The molecule has 1 saturated heterocycles. The average Bonchev–Trinajstić information content (AvgIpc) is 2.39. The molecule has 0 aromatic carbocycles. The van der Waals surface area contributed by atoms with Gasteiger partial charge in [0.05, 0.1) is 0 Å². The minimum atomic E-state index is -0.857. The summed E-state index contributed by atoms with van der Waals surface area (Å²) in [5.74, 6) is -0.814. The Balaban J connectivity index is 2.05. The summed E-state index contributed by atoms with van der Waals surface area (Å²) in [6.45, 7) is 0.607. The van der Waals surface area contributed by atoms with Crippen LogP contribution < -0.4 is 0 Å². The Morgan fingerprint density at radius 2 is 2.00 bits per heavy atom. The van der Waals surface area contributed by atoms with E-state index in [9.17, 15) is 9.59 Å². The number of nitrogens with zero attached hydrogens (tertiary/aromatic N) is 1. The van der Waals surface area contributed by atoms with Crippen LogP contribution in [0.3, 0.4) is 0 Å². The highest BCUT2D eigenvalue weighted by Crippen LogP contribution is 2.25. The van der Waals surface area contributed by atoms with Gasteiger partial charge in [-0.2, -0.15) is 0 Å². The lowest BCUT2D eigenvalue weighted by atomic mass is 9.91. The van der Waals surface area contributed by atoms with Crippen molar-refractivity contribution in [2.45, 2.75) is 44.6 Å². The van der Waals surface area contributed by atoms with Crippen LogP contribution >= 0.6 is 0 Å². The van der Waals surface area contributed by atoms with Gasteiger partial charge in [-0.1, -0.05) is 12.2 Å². The molecule has 0 spiro atoms. The summed E-state index contributed by atoms with van der Waals surface area (Å²) in [4.78, 5) is 25.0. The molecule has 1 amide bonds. The molecule has 2 aliphatic rings. The van der Waals surface area contributed by atoms with Crippen molar-refractivity contribution in [3.05, 3.63) is 12.2 Å². The molecule has 94 valence electrons. The summed E-state index contributed by atoms with van der Waals surface area (Å²) in [6, 6.07) is -0.595. The maximum atomic E-state index is 12.3. The maximum Gasteiger partial charge on any atom is 0.326 e. The van der Waals surface area contributed by atoms with E-state index < -0.39 is 12.0 Å². The van der Waals surface area contributed by atoms with Crippen molar-refractivity contribution < 1.29 is 14.7 Å². The summed E-state index contributed by atoms with van der Waals surface area (Å²) in [6.07, 6.45) is 9.12. The topological polar surface area (TPSA) is 57.6 Å². The second kappa shape index (κ2) is 5.34. The van der Waals surface area contributed by atoms with Gasteiger partial charge in [-0.05, 0) is 38.5 Å². The predicted molar refractivity (Wildman–Crippen MR) is 63.5 cm³/mol. The zero-order valence-electron chi connectivity index (χ0n) is 9.97. The molecular weight excluding hydrogens is 218 g/mol. The predicted octanol–water partition coefficient (Wildman–Crippen LogP) is 1.81. The third-order valence-corrected chi connectivity index (χ3v) is 3.69. The minimum absolute atomic E-state index is 0.0000463. The van der Waals surface area contributed by atoms with E-state index in [1.807, 2.05) is 6.08 Å². The minimum Gasteiger partial charge on any atom is -0.480 e. The summed E-state index contributed by atoms with van der Waals surface area (Å²) in [7, 11) is 0. The van der Waals surface area contributed by atoms with E-state index >= 15 is 0 Å². The number of aliphatic carboxylic acids is 1. The number of hydrogen-bond acceptors (Lipinski definition) is 2. The molecule has 1 heterocycles. The number of carboxylic acids is 1. The third-order valence-electron chi connectivity index (χ3n) is 3.69. The van der Waals surface area contributed by atoms with E-state index in [0.717, 1.165) is 32.1 Å². The van der Waals surface area contributed by atoms with Crippen LogP contribution in [0.5, 0.6) is 0 Å². The van der Waals surface area contributed by atoms with Crippen LogP contribution in [0.25, 0.3) is 0 Å². The normalized spacial score (nSPS) is 29.1. The molecule has 0 aromatic heterocycles. The van der Waals surface area contributed by atoms with E-state index in [4.69, 9.17) is 5.11 Å². The molecule has 1 aliphatic carbocycles. The van der Waals surface area contributed by atoms with Crippen LogP contribution in [0.1, 0.15) is 38.5 Å². The standard InChI is InChI=1S/C13H19NO3/c15-12(10-6-2-1-3-7-10)14-9-5-4-8-11(14)13(16)17/h1-2,10-11H,3-9H2,(H,16,17). The van der Waals surface area contributed by atoms with E-state index in [0.29, 0.717) is 13.0 Å². The molecule has 2 unspecified atom stereocenters. The van der Waals surface area contributed by atoms with Crippen LogP contribution in [-0.4, -0.2) is 34.5 Å². The van der Waals surface area contributed by atoms with E-state index in [1.54, 1.807) is 4.90 Å². The first-order chi connectivity index (χ1) is 8.20. The summed E-state index contributed by atoms with van der Waals surface area (Å²) in [5.41, 5.74) is 0.